The predicted molar refractivity (Wildman–Crippen MR) is 161 cm³/mol. The van der Waals surface area contributed by atoms with E-state index in [4.69, 9.17) is 20.8 Å². The summed E-state index contributed by atoms with van der Waals surface area (Å²) in [6, 6.07) is 20.1. The zero-order chi connectivity index (χ0) is 27.7. The first-order chi connectivity index (χ1) is 19.4. The van der Waals surface area contributed by atoms with Crippen LogP contribution in [0.25, 0.3) is 21.9 Å². The van der Waals surface area contributed by atoms with Crippen molar-refractivity contribution in [1.29, 1.82) is 0 Å². The third kappa shape index (κ3) is 5.58. The number of rotatable bonds is 8. The first-order valence-corrected chi connectivity index (χ1v) is 14.8. The van der Waals surface area contributed by atoms with Gasteiger partial charge in [-0.05, 0) is 81.7 Å². The van der Waals surface area contributed by atoms with E-state index in [1.807, 2.05) is 24.3 Å². The van der Waals surface area contributed by atoms with Gasteiger partial charge < -0.3 is 19.4 Å². The van der Waals surface area contributed by atoms with E-state index in [0.717, 1.165) is 61.9 Å². The molecule has 0 radical (unpaired) electrons. The highest BCUT2D eigenvalue weighted by atomic mass is 35.5. The summed E-state index contributed by atoms with van der Waals surface area (Å²) in [5.41, 5.74) is 3.78. The van der Waals surface area contributed by atoms with Gasteiger partial charge in [-0.2, -0.15) is 0 Å². The number of hydrogen-bond donors (Lipinski definition) is 1. The first-order valence-electron chi connectivity index (χ1n) is 14.4. The number of benzene rings is 3. The highest BCUT2D eigenvalue weighted by Gasteiger charge is 2.36. The van der Waals surface area contributed by atoms with Gasteiger partial charge in [-0.1, -0.05) is 48.7 Å². The van der Waals surface area contributed by atoms with Crippen LogP contribution in [-0.4, -0.2) is 61.1 Å². The fourth-order valence-corrected chi connectivity index (χ4v) is 6.62. The molecule has 1 aliphatic heterocycles. The monoisotopic (exact) mass is 559 g/mol. The molecule has 4 aromatic rings. The van der Waals surface area contributed by atoms with Gasteiger partial charge in [0.1, 0.15) is 23.0 Å². The topological polar surface area (TPSA) is 58.0 Å². The summed E-state index contributed by atoms with van der Waals surface area (Å²) in [6.45, 7) is 3.47. The predicted octanol–water partition coefficient (Wildman–Crippen LogP) is 6.89. The average molecular weight is 560 g/mol. The summed E-state index contributed by atoms with van der Waals surface area (Å²) in [5.74, 6) is 0.561. The molecular weight excluding hydrogens is 522 g/mol. The number of amides is 1. The van der Waals surface area contributed by atoms with E-state index in [9.17, 15) is 4.79 Å². The largest absolute Gasteiger partial charge is 0.489 e. The Morgan fingerprint density at radius 1 is 1.02 bits per heavy atom. The number of halogens is 1. The van der Waals surface area contributed by atoms with E-state index >= 15 is 0 Å². The number of likely N-dealkylation sites (N-methyl/N-ethyl adjacent to an activating group) is 1. The Morgan fingerprint density at radius 3 is 2.52 bits per heavy atom. The Morgan fingerprint density at radius 2 is 1.77 bits per heavy atom. The van der Waals surface area contributed by atoms with Gasteiger partial charge in [-0.25, -0.2) is 0 Å². The van der Waals surface area contributed by atoms with Gasteiger partial charge in [0.25, 0.3) is 5.91 Å². The number of carbonyl (C=O) groups excluding carboxylic acids is 1. The average Bonchev–Trinajstić information content (AvgIpc) is 3.59. The van der Waals surface area contributed by atoms with Crippen molar-refractivity contribution in [3.8, 4) is 5.75 Å². The second-order valence-electron chi connectivity index (χ2n) is 11.7. The lowest BCUT2D eigenvalue weighted by Gasteiger charge is -2.36. The maximum absolute atomic E-state index is 12.9. The highest BCUT2D eigenvalue weighted by Crippen LogP contribution is 2.34. The quantitative estimate of drug-likeness (QED) is 0.255. The van der Waals surface area contributed by atoms with Crippen molar-refractivity contribution in [3.05, 3.63) is 76.8 Å². The van der Waals surface area contributed by atoms with Gasteiger partial charge in [-0.15, -0.1) is 0 Å². The van der Waals surface area contributed by atoms with Gasteiger partial charge in [0.05, 0.1) is 5.02 Å². The van der Waals surface area contributed by atoms with E-state index in [1.54, 1.807) is 6.07 Å². The third-order valence-electron chi connectivity index (χ3n) is 8.93. The summed E-state index contributed by atoms with van der Waals surface area (Å²) in [7, 11) is 4.21. The molecule has 1 N–H and O–H groups in total. The van der Waals surface area contributed by atoms with Crippen LogP contribution in [0.15, 0.2) is 65.1 Å². The number of carbonyl (C=O) groups is 1. The van der Waals surface area contributed by atoms with Crippen molar-refractivity contribution >= 4 is 39.4 Å². The first kappa shape index (κ1) is 27.1. The van der Waals surface area contributed by atoms with E-state index < -0.39 is 0 Å². The van der Waals surface area contributed by atoms with Crippen LogP contribution in [0.5, 0.6) is 5.75 Å². The Bertz CT molecular complexity index is 1500. The van der Waals surface area contributed by atoms with Crippen LogP contribution >= 0.6 is 11.6 Å². The maximum atomic E-state index is 12.9. The van der Waals surface area contributed by atoms with Crippen molar-refractivity contribution in [2.45, 2.75) is 56.7 Å². The van der Waals surface area contributed by atoms with Crippen molar-refractivity contribution in [2.75, 3.05) is 33.7 Å². The highest BCUT2D eigenvalue weighted by molar-refractivity contribution is 6.32. The minimum Gasteiger partial charge on any atom is -0.489 e. The Hall–Kier alpha value is -3.06. The molecule has 2 aliphatic rings. The second kappa shape index (κ2) is 11.4. The van der Waals surface area contributed by atoms with Crippen LogP contribution in [0, 0.1) is 0 Å². The van der Waals surface area contributed by atoms with Gasteiger partial charge in [-0.3, -0.25) is 9.69 Å². The van der Waals surface area contributed by atoms with Crippen molar-refractivity contribution < 1.29 is 13.9 Å². The number of nitrogens with zero attached hydrogens (tertiary/aromatic N) is 2. The van der Waals surface area contributed by atoms with Crippen LogP contribution in [0.4, 0.5) is 0 Å². The van der Waals surface area contributed by atoms with Crippen molar-refractivity contribution in [1.82, 2.24) is 15.1 Å². The molecule has 1 amide bonds. The minimum atomic E-state index is -0.0866. The van der Waals surface area contributed by atoms with E-state index in [1.165, 1.54) is 23.8 Å². The fourth-order valence-electron chi connectivity index (χ4n) is 6.39. The number of piperidine rings is 1. The Kier molecular flexibility index (Phi) is 7.76. The molecule has 6 nitrogen and oxygen atoms in total. The van der Waals surface area contributed by atoms with Crippen LogP contribution < -0.4 is 10.1 Å². The Labute approximate surface area is 241 Å². The van der Waals surface area contributed by atoms with Crippen molar-refractivity contribution in [2.24, 2.45) is 0 Å². The van der Waals surface area contributed by atoms with Gasteiger partial charge in [0.15, 0.2) is 0 Å². The van der Waals surface area contributed by atoms with Gasteiger partial charge in [0, 0.05) is 48.1 Å². The smallest absolute Gasteiger partial charge is 0.251 e. The number of hydrogen-bond acceptors (Lipinski definition) is 5. The number of likely N-dealkylation sites (tertiary alicyclic amines) is 1. The standard InChI is InChI=1S/C33H38ClN3O3/c1-36(2)33(15-5-6-16-33)22-35-32(38)24-10-12-31(28(34)20-24)39-25-13-17-37(18-14-25)21-23-9-11-30-27(19-23)26-7-3-4-8-29(26)40-30/h3-4,7-12,19-20,25H,5-6,13-18,21-22H2,1-2H3,(H,35,38). The molecule has 7 heteroatoms. The lowest BCUT2D eigenvalue weighted by molar-refractivity contribution is 0.0899. The molecule has 0 spiro atoms. The van der Waals surface area contributed by atoms with Gasteiger partial charge in [0.2, 0.25) is 0 Å². The van der Waals surface area contributed by atoms with Crippen molar-refractivity contribution in [3.63, 3.8) is 0 Å². The molecule has 1 aliphatic carbocycles. The number of para-hydroxylation sites is 1. The molecule has 0 bridgehead atoms. The Balaban J connectivity index is 1.02. The molecule has 1 aromatic heterocycles. The zero-order valence-corrected chi connectivity index (χ0v) is 24.2. The molecule has 1 saturated heterocycles. The number of nitrogens with one attached hydrogen (secondary N) is 1. The van der Waals surface area contributed by atoms with Crippen LogP contribution in [0.1, 0.15) is 54.4 Å². The molecule has 3 aromatic carbocycles. The summed E-state index contributed by atoms with van der Waals surface area (Å²) < 4.78 is 12.3. The number of fused-ring (bicyclic) bond motifs is 3. The molecule has 40 heavy (non-hydrogen) atoms. The molecule has 2 fully saturated rings. The summed E-state index contributed by atoms with van der Waals surface area (Å²) in [4.78, 5) is 17.6. The number of ether oxygens (including phenoxy) is 1. The molecule has 6 rings (SSSR count). The lowest BCUT2D eigenvalue weighted by Crippen LogP contribution is -2.50. The molecular formula is C33H38ClN3O3. The molecule has 0 atom stereocenters. The second-order valence-corrected chi connectivity index (χ2v) is 12.1. The van der Waals surface area contributed by atoms with Gasteiger partial charge >= 0.3 is 0 Å². The fraction of sp³-hybridized carbons (Fsp3) is 0.424. The molecule has 1 saturated carbocycles. The summed E-state index contributed by atoms with van der Waals surface area (Å²) >= 11 is 6.58. The SMILES string of the molecule is CN(C)C1(CNC(=O)c2ccc(OC3CCN(Cc4ccc5oc6ccccc6c5c4)CC3)c(Cl)c2)CCCC1. The normalized spacial score (nSPS) is 18.1. The van der Waals surface area contributed by atoms with Crippen LogP contribution in [0.3, 0.4) is 0 Å². The van der Waals surface area contributed by atoms with Crippen LogP contribution in [-0.2, 0) is 6.54 Å². The molecule has 210 valence electrons. The number of furan rings is 1. The molecule has 2 heterocycles. The summed E-state index contributed by atoms with van der Waals surface area (Å²) in [6.07, 6.45) is 6.62. The van der Waals surface area contributed by atoms with E-state index in [-0.39, 0.29) is 17.6 Å². The maximum Gasteiger partial charge on any atom is 0.251 e. The van der Waals surface area contributed by atoms with Crippen LogP contribution in [0.2, 0.25) is 5.02 Å². The third-order valence-corrected chi connectivity index (χ3v) is 9.23. The zero-order valence-electron chi connectivity index (χ0n) is 23.4. The summed E-state index contributed by atoms with van der Waals surface area (Å²) in [5, 5.41) is 5.97. The minimum absolute atomic E-state index is 0.0533. The lowest BCUT2D eigenvalue weighted by atomic mass is 9.96. The van der Waals surface area contributed by atoms with E-state index in [0.29, 0.717) is 22.9 Å². The molecule has 0 unspecified atom stereocenters. The van der Waals surface area contributed by atoms with E-state index in [2.05, 4.69) is 59.5 Å².